The summed E-state index contributed by atoms with van der Waals surface area (Å²) in [6.07, 6.45) is 2.74. The van der Waals surface area contributed by atoms with Crippen molar-refractivity contribution in [2.24, 2.45) is 5.92 Å². The molecule has 15 heavy (non-hydrogen) atoms. The molecule has 2 heteroatoms. The SMILES string of the molecule is CCC(C)NC(NC(C)(C)CC)C(C)C. The Morgan fingerprint density at radius 3 is 1.93 bits per heavy atom. The van der Waals surface area contributed by atoms with Gasteiger partial charge in [-0.05, 0) is 39.5 Å². The largest absolute Gasteiger partial charge is 0.299 e. The Labute approximate surface area is 96.2 Å². The molecule has 0 aliphatic heterocycles. The lowest BCUT2D eigenvalue weighted by Crippen LogP contribution is -2.56. The highest BCUT2D eigenvalue weighted by atomic mass is 15.2. The van der Waals surface area contributed by atoms with Gasteiger partial charge >= 0.3 is 0 Å². The van der Waals surface area contributed by atoms with Gasteiger partial charge in [0.15, 0.2) is 0 Å². The van der Waals surface area contributed by atoms with Crippen molar-refractivity contribution in [3.8, 4) is 0 Å². The van der Waals surface area contributed by atoms with Crippen molar-refractivity contribution in [2.45, 2.75) is 79.1 Å². The molecule has 92 valence electrons. The monoisotopic (exact) mass is 214 g/mol. The Kier molecular flexibility index (Phi) is 6.46. The molecule has 2 nitrogen and oxygen atoms in total. The van der Waals surface area contributed by atoms with Crippen LogP contribution in [0.1, 0.15) is 61.3 Å². The molecule has 0 saturated heterocycles. The van der Waals surface area contributed by atoms with Gasteiger partial charge in [-0.25, -0.2) is 0 Å². The van der Waals surface area contributed by atoms with Crippen LogP contribution in [-0.2, 0) is 0 Å². The lowest BCUT2D eigenvalue weighted by molar-refractivity contribution is 0.227. The maximum absolute atomic E-state index is 3.70. The smallest absolute Gasteiger partial charge is 0.0601 e. The van der Waals surface area contributed by atoms with Gasteiger partial charge in [0, 0.05) is 11.6 Å². The highest BCUT2D eigenvalue weighted by Gasteiger charge is 2.22. The number of hydrogen-bond acceptors (Lipinski definition) is 2. The minimum Gasteiger partial charge on any atom is -0.299 e. The van der Waals surface area contributed by atoms with Crippen molar-refractivity contribution in [1.82, 2.24) is 10.6 Å². The first-order valence-electron chi connectivity index (χ1n) is 6.36. The van der Waals surface area contributed by atoms with Crippen molar-refractivity contribution in [2.75, 3.05) is 0 Å². The van der Waals surface area contributed by atoms with Gasteiger partial charge in [-0.2, -0.15) is 0 Å². The van der Waals surface area contributed by atoms with Gasteiger partial charge < -0.3 is 0 Å². The van der Waals surface area contributed by atoms with E-state index >= 15 is 0 Å². The molecule has 0 rings (SSSR count). The summed E-state index contributed by atoms with van der Waals surface area (Å²) in [7, 11) is 0. The standard InChI is InChI=1S/C13H30N2/c1-8-11(5)14-12(10(3)4)15-13(6,7)9-2/h10-12,14-15H,8-9H2,1-7H3. The van der Waals surface area contributed by atoms with Crippen LogP contribution in [0.25, 0.3) is 0 Å². The van der Waals surface area contributed by atoms with Crippen LogP contribution in [0.2, 0.25) is 0 Å². The maximum atomic E-state index is 3.70. The quantitative estimate of drug-likeness (QED) is 0.636. The van der Waals surface area contributed by atoms with E-state index in [0.717, 1.165) is 6.42 Å². The fourth-order valence-corrected chi connectivity index (χ4v) is 1.35. The van der Waals surface area contributed by atoms with E-state index in [9.17, 15) is 0 Å². The van der Waals surface area contributed by atoms with Crippen LogP contribution in [0, 0.1) is 5.92 Å². The zero-order valence-corrected chi connectivity index (χ0v) is 11.6. The topological polar surface area (TPSA) is 24.1 Å². The van der Waals surface area contributed by atoms with E-state index in [2.05, 4.69) is 59.1 Å². The summed E-state index contributed by atoms with van der Waals surface area (Å²) >= 11 is 0. The van der Waals surface area contributed by atoms with E-state index in [1.54, 1.807) is 0 Å². The zero-order valence-electron chi connectivity index (χ0n) is 11.6. The van der Waals surface area contributed by atoms with Gasteiger partial charge in [-0.3, -0.25) is 10.6 Å². The first kappa shape index (κ1) is 14.9. The van der Waals surface area contributed by atoms with Crippen LogP contribution in [0.3, 0.4) is 0 Å². The molecule has 0 aliphatic rings. The van der Waals surface area contributed by atoms with Crippen molar-refractivity contribution in [1.29, 1.82) is 0 Å². The maximum Gasteiger partial charge on any atom is 0.0601 e. The Bertz CT molecular complexity index is 164. The molecular weight excluding hydrogens is 184 g/mol. The van der Waals surface area contributed by atoms with E-state index < -0.39 is 0 Å². The molecule has 0 heterocycles. The zero-order chi connectivity index (χ0) is 12.1. The first-order valence-corrected chi connectivity index (χ1v) is 6.36. The third kappa shape index (κ3) is 6.16. The van der Waals surface area contributed by atoms with Gasteiger partial charge in [-0.1, -0.05) is 27.7 Å². The normalized spacial score (nSPS) is 16.8. The summed E-state index contributed by atoms with van der Waals surface area (Å²) in [5.74, 6) is 0.616. The van der Waals surface area contributed by atoms with E-state index in [0.29, 0.717) is 18.1 Å². The van der Waals surface area contributed by atoms with E-state index in [4.69, 9.17) is 0 Å². The van der Waals surface area contributed by atoms with Crippen molar-refractivity contribution < 1.29 is 0 Å². The lowest BCUT2D eigenvalue weighted by Gasteiger charge is -2.35. The molecule has 0 bridgehead atoms. The fraction of sp³-hybridized carbons (Fsp3) is 1.00. The van der Waals surface area contributed by atoms with Crippen molar-refractivity contribution >= 4 is 0 Å². The Hall–Kier alpha value is -0.0800. The molecule has 0 aromatic heterocycles. The molecule has 0 aromatic carbocycles. The predicted molar refractivity (Wildman–Crippen MR) is 69.0 cm³/mol. The third-order valence-corrected chi connectivity index (χ3v) is 3.17. The van der Waals surface area contributed by atoms with E-state index in [-0.39, 0.29) is 5.54 Å². The number of rotatable bonds is 7. The Morgan fingerprint density at radius 1 is 1.07 bits per heavy atom. The molecule has 0 aliphatic carbocycles. The summed E-state index contributed by atoms with van der Waals surface area (Å²) in [5.41, 5.74) is 0.218. The third-order valence-electron chi connectivity index (χ3n) is 3.17. The van der Waals surface area contributed by atoms with Crippen molar-refractivity contribution in [3.63, 3.8) is 0 Å². The molecule has 0 saturated carbocycles. The van der Waals surface area contributed by atoms with Gasteiger partial charge in [0.1, 0.15) is 0 Å². The molecule has 0 aromatic rings. The molecular formula is C13H30N2. The van der Waals surface area contributed by atoms with Gasteiger partial charge in [0.2, 0.25) is 0 Å². The number of hydrogen-bond donors (Lipinski definition) is 2. The summed E-state index contributed by atoms with van der Waals surface area (Å²) in [6.45, 7) is 15.8. The highest BCUT2D eigenvalue weighted by molar-refractivity contribution is 4.82. The fourth-order valence-electron chi connectivity index (χ4n) is 1.35. The molecule has 0 fully saturated rings. The van der Waals surface area contributed by atoms with Crippen LogP contribution in [0.15, 0.2) is 0 Å². The second-order valence-corrected chi connectivity index (χ2v) is 5.58. The van der Waals surface area contributed by atoms with Gasteiger partial charge in [0.25, 0.3) is 0 Å². The van der Waals surface area contributed by atoms with Gasteiger partial charge in [0.05, 0.1) is 6.17 Å². The van der Waals surface area contributed by atoms with Crippen LogP contribution < -0.4 is 10.6 Å². The lowest BCUT2D eigenvalue weighted by atomic mass is 9.99. The minimum absolute atomic E-state index is 0.218. The molecule has 0 amide bonds. The summed E-state index contributed by atoms with van der Waals surface area (Å²) in [4.78, 5) is 0. The van der Waals surface area contributed by atoms with Crippen LogP contribution in [0.5, 0.6) is 0 Å². The molecule has 0 spiro atoms. The van der Waals surface area contributed by atoms with E-state index in [1.807, 2.05) is 0 Å². The summed E-state index contributed by atoms with van der Waals surface area (Å²) in [5, 5.41) is 7.34. The molecule has 2 atom stereocenters. The Balaban J connectivity index is 4.28. The van der Waals surface area contributed by atoms with E-state index in [1.165, 1.54) is 6.42 Å². The molecule has 2 N–H and O–H groups in total. The predicted octanol–water partition coefficient (Wildman–Crippen LogP) is 3.13. The van der Waals surface area contributed by atoms with Crippen LogP contribution in [-0.4, -0.2) is 17.7 Å². The highest BCUT2D eigenvalue weighted by Crippen LogP contribution is 2.11. The average Bonchev–Trinajstić information content (AvgIpc) is 2.16. The van der Waals surface area contributed by atoms with Crippen LogP contribution >= 0.6 is 0 Å². The van der Waals surface area contributed by atoms with Crippen LogP contribution in [0.4, 0.5) is 0 Å². The second-order valence-electron chi connectivity index (χ2n) is 5.58. The minimum atomic E-state index is 0.218. The first-order chi connectivity index (χ1) is 6.82. The second kappa shape index (κ2) is 6.49. The molecule has 2 unspecified atom stereocenters. The molecule has 0 radical (unpaired) electrons. The number of nitrogens with one attached hydrogen (secondary N) is 2. The van der Waals surface area contributed by atoms with Gasteiger partial charge in [-0.15, -0.1) is 0 Å². The summed E-state index contributed by atoms with van der Waals surface area (Å²) in [6, 6.07) is 0.581. The Morgan fingerprint density at radius 2 is 1.60 bits per heavy atom. The summed E-state index contributed by atoms with van der Waals surface area (Å²) < 4.78 is 0. The average molecular weight is 214 g/mol. The van der Waals surface area contributed by atoms with Crippen molar-refractivity contribution in [3.05, 3.63) is 0 Å².